The molecule has 0 radical (unpaired) electrons. The van der Waals surface area contributed by atoms with Crippen LogP contribution in [-0.4, -0.2) is 44.3 Å². The van der Waals surface area contributed by atoms with Gasteiger partial charge >= 0.3 is 0 Å². The van der Waals surface area contributed by atoms with Crippen LogP contribution in [-0.2, 0) is 26.2 Å². The summed E-state index contributed by atoms with van der Waals surface area (Å²) < 4.78 is 29.2. The lowest BCUT2D eigenvalue weighted by atomic mass is 10.1. The zero-order chi connectivity index (χ0) is 31.0. The minimum Gasteiger partial charge on any atom is -0.354 e. The first kappa shape index (κ1) is 33.7. The minimum absolute atomic E-state index is 0.0162. The number of nitrogens with zero attached hydrogens (tertiary/aromatic N) is 2. The highest BCUT2D eigenvalue weighted by molar-refractivity contribution is 7.92. The molecule has 3 aromatic carbocycles. The van der Waals surface area contributed by atoms with Gasteiger partial charge in [0.15, 0.2) is 0 Å². The van der Waals surface area contributed by atoms with Crippen LogP contribution in [0, 0.1) is 13.8 Å². The molecule has 0 aromatic heterocycles. The van der Waals surface area contributed by atoms with Crippen LogP contribution in [0.15, 0.2) is 65.6 Å². The quantitative estimate of drug-likeness (QED) is 0.198. The fourth-order valence-corrected chi connectivity index (χ4v) is 6.44. The van der Waals surface area contributed by atoms with Gasteiger partial charge in [-0.25, -0.2) is 8.42 Å². The van der Waals surface area contributed by atoms with Gasteiger partial charge in [-0.15, -0.1) is 0 Å². The summed E-state index contributed by atoms with van der Waals surface area (Å²) >= 11 is 18.8. The van der Waals surface area contributed by atoms with Crippen LogP contribution in [0.3, 0.4) is 0 Å². The van der Waals surface area contributed by atoms with Crippen LogP contribution < -0.4 is 9.62 Å². The first-order valence-electron chi connectivity index (χ1n) is 13.8. The zero-order valence-corrected chi connectivity index (χ0v) is 27.2. The number of rotatable bonds is 13. The number of unbranched alkanes of at least 4 members (excludes halogenated alkanes) is 1. The number of halogens is 3. The highest BCUT2D eigenvalue weighted by Gasteiger charge is 2.34. The standard InChI is InChI=1S/C31H36Cl3N3O4S/c1-5-7-17-35-31(39)28(6-2)36(19-23-13-16-26(33)27(34)18-23)30(38)20-37(29-10-8-9-25(32)22(29)4)42(40,41)24-14-11-21(3)12-15-24/h8-16,18,28H,5-7,17,19-20H2,1-4H3,(H,35,39)/t28-/m0/s1. The number of carbonyl (C=O) groups excluding carboxylic acids is 2. The smallest absolute Gasteiger partial charge is 0.264 e. The molecule has 3 aromatic rings. The van der Waals surface area contributed by atoms with E-state index in [4.69, 9.17) is 34.8 Å². The molecule has 0 aliphatic carbocycles. The molecular weight excluding hydrogens is 617 g/mol. The molecular formula is C31H36Cl3N3O4S. The van der Waals surface area contributed by atoms with Crippen molar-refractivity contribution in [2.75, 3.05) is 17.4 Å². The molecule has 42 heavy (non-hydrogen) atoms. The average molecular weight is 653 g/mol. The molecule has 1 N–H and O–H groups in total. The Kier molecular flexibility index (Phi) is 12.1. The van der Waals surface area contributed by atoms with Crippen molar-refractivity contribution in [1.29, 1.82) is 0 Å². The van der Waals surface area contributed by atoms with E-state index in [1.165, 1.54) is 17.0 Å². The van der Waals surface area contributed by atoms with Crippen molar-refractivity contribution in [1.82, 2.24) is 10.2 Å². The van der Waals surface area contributed by atoms with Crippen LogP contribution in [0.1, 0.15) is 49.8 Å². The first-order valence-corrected chi connectivity index (χ1v) is 16.3. The summed E-state index contributed by atoms with van der Waals surface area (Å²) in [5, 5.41) is 3.93. The zero-order valence-electron chi connectivity index (χ0n) is 24.2. The summed E-state index contributed by atoms with van der Waals surface area (Å²) in [7, 11) is -4.21. The number of hydrogen-bond acceptors (Lipinski definition) is 4. The highest BCUT2D eigenvalue weighted by atomic mass is 35.5. The third kappa shape index (κ3) is 8.19. The molecule has 0 saturated carbocycles. The van der Waals surface area contributed by atoms with E-state index >= 15 is 0 Å². The second-order valence-electron chi connectivity index (χ2n) is 10.0. The van der Waals surface area contributed by atoms with Gasteiger partial charge in [-0.3, -0.25) is 13.9 Å². The van der Waals surface area contributed by atoms with E-state index in [9.17, 15) is 18.0 Å². The van der Waals surface area contributed by atoms with E-state index in [1.807, 2.05) is 13.8 Å². The summed E-state index contributed by atoms with van der Waals surface area (Å²) in [6, 6.07) is 15.4. The fourth-order valence-electron chi connectivity index (χ4n) is 4.48. The van der Waals surface area contributed by atoms with Crippen molar-refractivity contribution >= 4 is 62.3 Å². The van der Waals surface area contributed by atoms with Crippen LogP contribution in [0.5, 0.6) is 0 Å². The number of nitrogens with one attached hydrogen (secondary N) is 1. The van der Waals surface area contributed by atoms with Crippen LogP contribution in [0.2, 0.25) is 15.1 Å². The molecule has 0 saturated heterocycles. The third-order valence-electron chi connectivity index (χ3n) is 6.95. The Morgan fingerprint density at radius 2 is 1.60 bits per heavy atom. The molecule has 7 nitrogen and oxygen atoms in total. The molecule has 0 aliphatic rings. The normalized spacial score (nSPS) is 12.1. The van der Waals surface area contributed by atoms with E-state index in [2.05, 4.69) is 5.32 Å². The lowest BCUT2D eigenvalue weighted by Gasteiger charge is -2.33. The molecule has 0 fully saturated rings. The Balaban J connectivity index is 2.09. The predicted octanol–water partition coefficient (Wildman–Crippen LogP) is 7.18. The van der Waals surface area contributed by atoms with E-state index in [-0.39, 0.29) is 23.0 Å². The summed E-state index contributed by atoms with van der Waals surface area (Å²) in [5.74, 6) is -0.875. The number of amides is 2. The maximum absolute atomic E-state index is 14.2. The van der Waals surface area contributed by atoms with E-state index < -0.39 is 28.5 Å². The van der Waals surface area contributed by atoms with Crippen molar-refractivity contribution in [3.8, 4) is 0 Å². The highest BCUT2D eigenvalue weighted by Crippen LogP contribution is 2.32. The number of sulfonamides is 1. The van der Waals surface area contributed by atoms with Crippen molar-refractivity contribution < 1.29 is 18.0 Å². The van der Waals surface area contributed by atoms with Crippen LogP contribution in [0.25, 0.3) is 0 Å². The lowest BCUT2D eigenvalue weighted by molar-refractivity contribution is -0.140. The average Bonchev–Trinajstić information content (AvgIpc) is 2.95. The third-order valence-corrected chi connectivity index (χ3v) is 9.87. The van der Waals surface area contributed by atoms with Gasteiger partial charge in [-0.2, -0.15) is 0 Å². The summed E-state index contributed by atoms with van der Waals surface area (Å²) in [4.78, 5) is 28.9. The van der Waals surface area contributed by atoms with Gasteiger partial charge in [-0.1, -0.05) is 84.9 Å². The van der Waals surface area contributed by atoms with Gasteiger partial charge in [0, 0.05) is 18.1 Å². The first-order chi connectivity index (χ1) is 19.9. The Labute approximate surface area is 263 Å². The topological polar surface area (TPSA) is 86.8 Å². The molecule has 0 bridgehead atoms. The van der Waals surface area contributed by atoms with E-state index in [0.29, 0.717) is 39.2 Å². The van der Waals surface area contributed by atoms with E-state index in [0.717, 1.165) is 22.7 Å². The van der Waals surface area contributed by atoms with Crippen LogP contribution in [0.4, 0.5) is 5.69 Å². The second kappa shape index (κ2) is 15.1. The van der Waals surface area contributed by atoms with Gasteiger partial charge < -0.3 is 10.2 Å². The molecule has 3 rings (SSSR count). The van der Waals surface area contributed by atoms with E-state index in [1.54, 1.807) is 62.4 Å². The minimum atomic E-state index is -4.21. The van der Waals surface area contributed by atoms with Crippen LogP contribution >= 0.6 is 34.8 Å². The van der Waals surface area contributed by atoms with Gasteiger partial charge in [0.25, 0.3) is 10.0 Å². The van der Waals surface area contributed by atoms with Crippen molar-refractivity contribution in [2.24, 2.45) is 0 Å². The molecule has 0 unspecified atom stereocenters. The molecule has 0 aliphatic heterocycles. The molecule has 0 heterocycles. The van der Waals surface area contributed by atoms with Gasteiger partial charge in [0.1, 0.15) is 12.6 Å². The molecule has 2 amide bonds. The summed E-state index contributed by atoms with van der Waals surface area (Å²) in [6.45, 7) is 7.31. The second-order valence-corrected chi connectivity index (χ2v) is 13.1. The Morgan fingerprint density at radius 1 is 0.905 bits per heavy atom. The van der Waals surface area contributed by atoms with Gasteiger partial charge in [-0.05, 0) is 74.2 Å². The largest absolute Gasteiger partial charge is 0.354 e. The number of carbonyl (C=O) groups is 2. The molecule has 226 valence electrons. The predicted molar refractivity (Wildman–Crippen MR) is 171 cm³/mol. The van der Waals surface area contributed by atoms with Crippen molar-refractivity contribution in [3.05, 3.63) is 92.4 Å². The Morgan fingerprint density at radius 3 is 2.21 bits per heavy atom. The number of benzene rings is 3. The Hall–Kier alpha value is -2.78. The van der Waals surface area contributed by atoms with Gasteiger partial charge in [0.2, 0.25) is 11.8 Å². The molecule has 11 heteroatoms. The number of anilines is 1. The van der Waals surface area contributed by atoms with Crippen molar-refractivity contribution in [3.63, 3.8) is 0 Å². The molecule has 1 atom stereocenters. The number of hydrogen-bond donors (Lipinski definition) is 1. The lowest BCUT2D eigenvalue weighted by Crippen LogP contribution is -2.52. The SMILES string of the molecule is CCCCNC(=O)[C@H](CC)N(Cc1ccc(Cl)c(Cl)c1)C(=O)CN(c1cccc(Cl)c1C)S(=O)(=O)c1ccc(C)cc1. The van der Waals surface area contributed by atoms with Gasteiger partial charge in [0.05, 0.1) is 20.6 Å². The Bertz CT molecular complexity index is 1510. The maximum atomic E-state index is 14.2. The monoisotopic (exact) mass is 651 g/mol. The summed E-state index contributed by atoms with van der Waals surface area (Å²) in [5.41, 5.74) is 2.31. The summed E-state index contributed by atoms with van der Waals surface area (Å²) in [6.07, 6.45) is 2.00. The maximum Gasteiger partial charge on any atom is 0.264 e. The van der Waals surface area contributed by atoms with Crippen molar-refractivity contribution in [2.45, 2.75) is 64.4 Å². The molecule has 0 spiro atoms. The fraction of sp³-hybridized carbons (Fsp3) is 0.355. The number of aryl methyl sites for hydroxylation is 1.